The van der Waals surface area contributed by atoms with Gasteiger partial charge in [0.1, 0.15) is 28.4 Å². The van der Waals surface area contributed by atoms with Crippen molar-refractivity contribution in [2.45, 2.75) is 6.92 Å². The van der Waals surface area contributed by atoms with Crippen molar-refractivity contribution < 1.29 is 39.6 Å². The third-order valence-electron chi connectivity index (χ3n) is 7.49. The van der Waals surface area contributed by atoms with Gasteiger partial charge in [-0.25, -0.2) is 26.2 Å². The Morgan fingerprint density at radius 2 is 1.60 bits per heavy atom. The molecule has 0 aliphatic rings. The maximum absolute atomic E-state index is 13.7. The van der Waals surface area contributed by atoms with Gasteiger partial charge < -0.3 is 18.9 Å². The Balaban J connectivity index is 1.59. The molecule has 0 saturated carbocycles. The number of para-hydroxylation sites is 1. The second-order valence-electron chi connectivity index (χ2n) is 10.8. The van der Waals surface area contributed by atoms with Gasteiger partial charge in [-0.15, -0.1) is 0 Å². The van der Waals surface area contributed by atoms with Crippen LogP contribution in [0.3, 0.4) is 0 Å². The quantitative estimate of drug-likeness (QED) is 0.151. The summed E-state index contributed by atoms with van der Waals surface area (Å²) in [5.74, 6) is -0.503. The molecule has 3 N–H and O–H groups in total. The number of carbonyl (C=O) groups is 1. The third kappa shape index (κ3) is 6.29. The highest BCUT2D eigenvalue weighted by Crippen LogP contribution is 2.43. The van der Waals surface area contributed by atoms with Crippen LogP contribution in [-0.2, 0) is 20.0 Å². The Morgan fingerprint density at radius 3 is 2.27 bits per heavy atom. The van der Waals surface area contributed by atoms with Crippen molar-refractivity contribution in [1.29, 1.82) is 0 Å². The lowest BCUT2D eigenvalue weighted by Crippen LogP contribution is -2.18. The van der Waals surface area contributed by atoms with E-state index in [2.05, 4.69) is 19.7 Å². The van der Waals surface area contributed by atoms with Crippen molar-refractivity contribution in [3.8, 4) is 39.7 Å². The summed E-state index contributed by atoms with van der Waals surface area (Å²) < 4.78 is 86.2. The first-order valence-corrected chi connectivity index (χ1v) is 18.0. The van der Waals surface area contributed by atoms with Crippen LogP contribution in [0.2, 0.25) is 0 Å². The van der Waals surface area contributed by atoms with Gasteiger partial charge in [-0.2, -0.15) is 0 Å². The van der Waals surface area contributed by atoms with Gasteiger partial charge in [-0.1, -0.05) is 12.1 Å². The lowest BCUT2D eigenvalue weighted by atomic mass is 9.97. The van der Waals surface area contributed by atoms with Crippen molar-refractivity contribution in [3.05, 3.63) is 84.2 Å². The van der Waals surface area contributed by atoms with Crippen molar-refractivity contribution >= 4 is 59.4 Å². The van der Waals surface area contributed by atoms with Crippen LogP contribution in [0.5, 0.6) is 5.75 Å². The van der Waals surface area contributed by atoms with Crippen molar-refractivity contribution in [3.63, 3.8) is 0 Å². The molecule has 0 spiro atoms. The van der Waals surface area contributed by atoms with E-state index < -0.39 is 31.8 Å². The molecule has 48 heavy (non-hydrogen) atoms. The molecule has 15 heteroatoms. The zero-order chi connectivity index (χ0) is 34.4. The van der Waals surface area contributed by atoms with E-state index in [0.717, 1.165) is 6.26 Å². The first-order valence-electron chi connectivity index (χ1n) is 14.5. The van der Waals surface area contributed by atoms with Gasteiger partial charge in [0.25, 0.3) is 5.91 Å². The molecule has 0 aliphatic carbocycles. The van der Waals surface area contributed by atoms with Gasteiger partial charge in [-0.3, -0.25) is 14.2 Å². The lowest BCUT2D eigenvalue weighted by Gasteiger charge is -2.14. The standard InChI is InChI=1S/C33H29FN4O8S2/c1-5-48(42,43)38-25-17-28-22(29(32(39)35-2)31(45-28)18-9-12-20(34)13-10-18)16-21(25)19-11-14-26(44-3)23(15-19)33-36-30-24(37-47(4,40)41)7-6-8-27(30)46-33/h6-17,37-38H,5H2,1-4H3,(H,35,39). The van der Waals surface area contributed by atoms with Gasteiger partial charge in [-0.05, 0) is 67.1 Å². The van der Waals surface area contributed by atoms with E-state index >= 15 is 0 Å². The number of methoxy groups -OCH3 is 1. The molecule has 0 fully saturated rings. The second-order valence-corrected chi connectivity index (χ2v) is 14.5. The van der Waals surface area contributed by atoms with E-state index in [9.17, 15) is 26.0 Å². The zero-order valence-electron chi connectivity index (χ0n) is 26.0. The molecule has 6 rings (SSSR count). The minimum Gasteiger partial charge on any atom is -0.496 e. The van der Waals surface area contributed by atoms with Crippen LogP contribution in [0.15, 0.2) is 81.6 Å². The van der Waals surface area contributed by atoms with E-state index in [4.69, 9.17) is 13.6 Å². The largest absolute Gasteiger partial charge is 0.496 e. The molecule has 2 aromatic heterocycles. The number of halogens is 1. The molecule has 0 atom stereocenters. The average Bonchev–Trinajstić information content (AvgIpc) is 3.65. The summed E-state index contributed by atoms with van der Waals surface area (Å²) in [6.45, 7) is 1.50. The fourth-order valence-corrected chi connectivity index (χ4v) is 6.46. The maximum atomic E-state index is 13.7. The van der Waals surface area contributed by atoms with Crippen LogP contribution in [0.4, 0.5) is 15.8 Å². The number of benzene rings is 4. The Hall–Kier alpha value is -5.41. The number of hydrogen-bond acceptors (Lipinski definition) is 9. The molecule has 0 saturated heterocycles. The maximum Gasteiger partial charge on any atom is 0.255 e. The van der Waals surface area contributed by atoms with Crippen molar-refractivity contribution in [2.24, 2.45) is 0 Å². The Morgan fingerprint density at radius 1 is 0.875 bits per heavy atom. The first-order chi connectivity index (χ1) is 22.8. The Labute approximate surface area is 275 Å². The fourth-order valence-electron chi connectivity index (χ4n) is 5.25. The molecule has 12 nitrogen and oxygen atoms in total. The SMILES string of the molecule is CCS(=O)(=O)Nc1cc2oc(-c3ccc(F)cc3)c(C(=O)NC)c2cc1-c1ccc(OC)c(-c2nc3c(NS(C)(=O)=O)cccc3o2)c1. The number of hydrogen-bond donors (Lipinski definition) is 3. The summed E-state index contributed by atoms with van der Waals surface area (Å²) in [6.07, 6.45) is 1.03. The number of oxazole rings is 1. The number of furan rings is 1. The smallest absolute Gasteiger partial charge is 0.255 e. The summed E-state index contributed by atoms with van der Waals surface area (Å²) in [5, 5.41) is 2.99. The minimum absolute atomic E-state index is 0.108. The monoisotopic (exact) mass is 692 g/mol. The normalized spacial score (nSPS) is 11.9. The topological polar surface area (TPSA) is 170 Å². The average molecular weight is 693 g/mol. The van der Waals surface area contributed by atoms with Crippen LogP contribution in [-0.4, -0.2) is 53.9 Å². The Bertz CT molecular complexity index is 2440. The molecule has 0 unspecified atom stereocenters. The number of fused-ring (bicyclic) bond motifs is 2. The van der Waals surface area contributed by atoms with E-state index in [-0.39, 0.29) is 45.4 Å². The number of aromatic nitrogens is 1. The highest BCUT2D eigenvalue weighted by atomic mass is 32.2. The summed E-state index contributed by atoms with van der Waals surface area (Å²) in [7, 11) is -4.48. The molecule has 4 aromatic carbocycles. The van der Waals surface area contributed by atoms with E-state index in [1.54, 1.807) is 42.5 Å². The van der Waals surface area contributed by atoms with Crippen LogP contribution in [0, 0.1) is 5.82 Å². The van der Waals surface area contributed by atoms with Crippen LogP contribution in [0.1, 0.15) is 17.3 Å². The van der Waals surface area contributed by atoms with Gasteiger partial charge in [0.2, 0.25) is 25.9 Å². The molecule has 248 valence electrons. The molecular weight excluding hydrogens is 664 g/mol. The fraction of sp³-hybridized carbons (Fsp3) is 0.152. The molecule has 1 amide bonds. The summed E-state index contributed by atoms with van der Waals surface area (Å²) in [5.41, 5.74) is 3.05. The van der Waals surface area contributed by atoms with Crippen molar-refractivity contribution in [1.82, 2.24) is 10.3 Å². The summed E-state index contributed by atoms with van der Waals surface area (Å²) >= 11 is 0. The summed E-state index contributed by atoms with van der Waals surface area (Å²) in [4.78, 5) is 17.8. The van der Waals surface area contributed by atoms with E-state index in [0.29, 0.717) is 39.0 Å². The van der Waals surface area contributed by atoms with Gasteiger partial charge in [0.15, 0.2) is 5.58 Å². The number of anilines is 2. The van der Waals surface area contributed by atoms with Gasteiger partial charge in [0, 0.05) is 29.6 Å². The molecule has 0 radical (unpaired) electrons. The number of amides is 1. The molecule has 0 aliphatic heterocycles. The molecule has 2 heterocycles. The predicted molar refractivity (Wildman–Crippen MR) is 182 cm³/mol. The lowest BCUT2D eigenvalue weighted by molar-refractivity contribution is 0.0964. The third-order valence-corrected chi connectivity index (χ3v) is 9.37. The molecule has 0 bridgehead atoms. The van der Waals surface area contributed by atoms with Gasteiger partial charge >= 0.3 is 0 Å². The minimum atomic E-state index is -3.79. The number of rotatable bonds is 10. The molecule has 6 aromatic rings. The van der Waals surface area contributed by atoms with E-state index in [1.807, 2.05) is 0 Å². The zero-order valence-corrected chi connectivity index (χ0v) is 27.7. The number of nitrogens with one attached hydrogen (secondary N) is 3. The number of ether oxygens (including phenoxy) is 1. The van der Waals surface area contributed by atoms with Crippen molar-refractivity contribution in [2.75, 3.05) is 35.6 Å². The number of sulfonamides is 2. The predicted octanol–water partition coefficient (Wildman–Crippen LogP) is 6.22. The number of nitrogens with zero attached hydrogens (tertiary/aromatic N) is 1. The van der Waals surface area contributed by atoms with E-state index in [1.165, 1.54) is 51.4 Å². The summed E-state index contributed by atoms with van der Waals surface area (Å²) in [6, 6.07) is 18.4. The highest BCUT2D eigenvalue weighted by Gasteiger charge is 2.25. The van der Waals surface area contributed by atoms with Crippen LogP contribution >= 0.6 is 0 Å². The highest BCUT2D eigenvalue weighted by molar-refractivity contribution is 7.92. The van der Waals surface area contributed by atoms with Crippen LogP contribution < -0.4 is 19.5 Å². The molecular formula is C33H29FN4O8S2. The Kier molecular flexibility index (Phi) is 8.35. The number of carbonyl (C=O) groups excluding carboxylic acids is 1. The van der Waals surface area contributed by atoms with Gasteiger partial charge in [0.05, 0.1) is 41.6 Å². The first kappa shape index (κ1) is 32.5. The second kappa shape index (κ2) is 12.3. The van der Waals surface area contributed by atoms with Crippen LogP contribution in [0.25, 0.3) is 56.0 Å².